The number of methoxy groups -OCH3 is 1. The first-order valence-corrected chi connectivity index (χ1v) is 13.7. The fourth-order valence-electron chi connectivity index (χ4n) is 5.95. The molecule has 3 aliphatic rings. The average Bonchev–Trinajstić information content (AvgIpc) is 3.45. The Morgan fingerprint density at radius 1 is 0.975 bits per heavy atom. The molecule has 40 heavy (non-hydrogen) atoms. The average molecular weight is 606 g/mol. The first-order chi connectivity index (χ1) is 19.3. The van der Waals surface area contributed by atoms with Crippen molar-refractivity contribution in [1.82, 2.24) is 9.88 Å². The van der Waals surface area contributed by atoms with E-state index in [1.54, 1.807) is 7.11 Å². The van der Waals surface area contributed by atoms with E-state index in [-0.39, 0.29) is 23.8 Å². The fourth-order valence-corrected chi connectivity index (χ4v) is 5.95. The zero-order chi connectivity index (χ0) is 26.2. The van der Waals surface area contributed by atoms with Gasteiger partial charge in [-0.1, -0.05) is 0 Å². The summed E-state index contributed by atoms with van der Waals surface area (Å²) >= 11 is 0. The Hall–Kier alpha value is -3.56. The van der Waals surface area contributed by atoms with Gasteiger partial charge in [-0.3, -0.25) is 9.88 Å². The van der Waals surface area contributed by atoms with Gasteiger partial charge in [-0.15, -0.1) is 0 Å². The molecule has 0 atom stereocenters. The first-order valence-electron chi connectivity index (χ1n) is 13.7. The van der Waals surface area contributed by atoms with Gasteiger partial charge in [-0.05, 0) is 53.8 Å². The lowest BCUT2D eigenvalue weighted by Gasteiger charge is -2.36. The molecule has 2 aromatic heterocycles. The molecule has 0 N–H and O–H groups in total. The van der Waals surface area contributed by atoms with Crippen molar-refractivity contribution >= 4 is 16.5 Å². The highest BCUT2D eigenvalue weighted by Crippen LogP contribution is 2.41. The normalized spacial score (nSPS) is 15.8. The van der Waals surface area contributed by atoms with E-state index >= 15 is 0 Å². The molecule has 0 radical (unpaired) electrons. The predicted octanol–water partition coefficient (Wildman–Crippen LogP) is 1.08. The number of aromatic nitrogens is 2. The summed E-state index contributed by atoms with van der Waals surface area (Å²) in [4.78, 5) is 9.09. The monoisotopic (exact) mass is 604 g/mol. The zero-order valence-electron chi connectivity index (χ0n) is 22.6. The molecule has 2 aromatic carbocycles. The Morgan fingerprint density at radius 2 is 1.77 bits per heavy atom. The number of halogens is 1. The maximum Gasteiger partial charge on any atom is 0.231 e. The van der Waals surface area contributed by atoms with Crippen LogP contribution in [0, 0.1) is 0 Å². The Kier molecular flexibility index (Phi) is 7.67. The standard InChI is InChI=1S/C31H33N4O4.BrH/c1-36-28-4-3-22-17-27-25-19-30-29(38-21-39-30)18-23(25)7-11-35(27)20-26(22)31(28)37-16-2-10-33-12-14-34(15-13-33)24-5-8-32-9-6-24;/h3-6,8-9,17-20H,2,7,10-16,21H2,1H3;1H/q+1;/p-1. The van der Waals surface area contributed by atoms with Crippen LogP contribution in [0.3, 0.4) is 0 Å². The lowest BCUT2D eigenvalue weighted by Crippen LogP contribution is -3.00. The molecule has 0 unspecified atom stereocenters. The highest BCUT2D eigenvalue weighted by molar-refractivity contribution is 5.91. The molecule has 5 heterocycles. The van der Waals surface area contributed by atoms with Gasteiger partial charge in [0.2, 0.25) is 12.5 Å². The molecular formula is C31H33BrN4O4. The van der Waals surface area contributed by atoms with E-state index in [1.807, 2.05) is 18.5 Å². The van der Waals surface area contributed by atoms with E-state index in [9.17, 15) is 0 Å². The predicted molar refractivity (Wildman–Crippen MR) is 149 cm³/mol. The van der Waals surface area contributed by atoms with E-state index in [2.05, 4.69) is 61.9 Å². The van der Waals surface area contributed by atoms with Crippen molar-refractivity contribution in [2.24, 2.45) is 0 Å². The number of ether oxygens (including phenoxy) is 4. The Morgan fingerprint density at radius 3 is 2.58 bits per heavy atom. The lowest BCUT2D eigenvalue weighted by atomic mass is 9.95. The van der Waals surface area contributed by atoms with Crippen molar-refractivity contribution in [2.45, 2.75) is 19.4 Å². The van der Waals surface area contributed by atoms with Crippen molar-refractivity contribution < 1.29 is 40.5 Å². The smallest absolute Gasteiger partial charge is 0.231 e. The van der Waals surface area contributed by atoms with Gasteiger partial charge in [0.1, 0.15) is 0 Å². The van der Waals surface area contributed by atoms with Gasteiger partial charge < -0.3 is 40.8 Å². The molecule has 208 valence electrons. The second-order valence-corrected chi connectivity index (χ2v) is 10.3. The minimum atomic E-state index is 0. The number of hydrogen-bond acceptors (Lipinski definition) is 7. The van der Waals surface area contributed by atoms with E-state index in [4.69, 9.17) is 18.9 Å². The van der Waals surface area contributed by atoms with Crippen molar-refractivity contribution in [1.29, 1.82) is 0 Å². The highest BCUT2D eigenvalue weighted by atomic mass is 79.9. The van der Waals surface area contributed by atoms with Crippen LogP contribution >= 0.6 is 0 Å². The van der Waals surface area contributed by atoms with Crippen molar-refractivity contribution in [3.63, 3.8) is 0 Å². The van der Waals surface area contributed by atoms with Crippen LogP contribution in [0.2, 0.25) is 0 Å². The molecule has 9 heteroatoms. The maximum atomic E-state index is 6.42. The maximum absolute atomic E-state index is 6.42. The van der Waals surface area contributed by atoms with Crippen LogP contribution in [0.15, 0.2) is 61.1 Å². The quantitative estimate of drug-likeness (QED) is 0.231. The second kappa shape index (κ2) is 11.5. The Labute approximate surface area is 244 Å². The van der Waals surface area contributed by atoms with Gasteiger partial charge in [-0.2, -0.15) is 4.57 Å². The molecule has 8 nitrogen and oxygen atoms in total. The third-order valence-corrected chi connectivity index (χ3v) is 8.06. The SMILES string of the molecule is COc1ccc2cc3[n+](cc2c1OCCCN1CCN(c2ccncc2)CC1)CCc1cc2c(cc1-3)OCO2.[Br-]. The first kappa shape index (κ1) is 26.7. The minimum Gasteiger partial charge on any atom is -1.00 e. The molecule has 4 aromatic rings. The Bertz CT molecular complexity index is 1510. The summed E-state index contributed by atoms with van der Waals surface area (Å²) < 4.78 is 25.7. The summed E-state index contributed by atoms with van der Waals surface area (Å²) in [6.07, 6.45) is 7.86. The van der Waals surface area contributed by atoms with Crippen molar-refractivity contribution in [2.75, 3.05) is 58.1 Å². The topological polar surface area (TPSA) is 60.2 Å². The summed E-state index contributed by atoms with van der Waals surface area (Å²) in [5, 5.41) is 2.21. The van der Waals surface area contributed by atoms with E-state index in [0.29, 0.717) is 6.61 Å². The van der Waals surface area contributed by atoms with Crippen LogP contribution in [-0.2, 0) is 13.0 Å². The molecule has 1 fully saturated rings. The molecule has 7 rings (SSSR count). The molecular weight excluding hydrogens is 572 g/mol. The van der Waals surface area contributed by atoms with E-state index < -0.39 is 0 Å². The summed E-state index contributed by atoms with van der Waals surface area (Å²) in [6.45, 7) is 7.06. The summed E-state index contributed by atoms with van der Waals surface area (Å²) in [6, 6.07) is 14.8. The van der Waals surface area contributed by atoms with Gasteiger partial charge in [0.05, 0.1) is 24.7 Å². The Balaban J connectivity index is 0.00000289. The molecule has 3 aliphatic heterocycles. The van der Waals surface area contributed by atoms with Gasteiger partial charge in [0.25, 0.3) is 0 Å². The fraction of sp³-hybridized carbons (Fsp3) is 0.355. The summed E-state index contributed by atoms with van der Waals surface area (Å²) in [7, 11) is 1.71. The second-order valence-electron chi connectivity index (χ2n) is 10.3. The van der Waals surface area contributed by atoms with Crippen LogP contribution in [0.25, 0.3) is 22.0 Å². The number of anilines is 1. The number of nitrogens with zero attached hydrogens (tertiary/aromatic N) is 4. The van der Waals surface area contributed by atoms with Crippen molar-refractivity contribution in [3.05, 3.63) is 66.6 Å². The van der Waals surface area contributed by atoms with Crippen LogP contribution in [0.5, 0.6) is 23.0 Å². The van der Waals surface area contributed by atoms with Gasteiger partial charge in [0.15, 0.2) is 35.7 Å². The van der Waals surface area contributed by atoms with Crippen LogP contribution in [0.1, 0.15) is 12.0 Å². The number of benzene rings is 2. The van der Waals surface area contributed by atoms with E-state index in [0.717, 1.165) is 85.9 Å². The molecule has 1 saturated heterocycles. The third kappa shape index (κ3) is 5.04. The summed E-state index contributed by atoms with van der Waals surface area (Å²) in [5.41, 5.74) is 4.94. The van der Waals surface area contributed by atoms with Crippen LogP contribution in [-0.4, -0.2) is 63.1 Å². The molecule has 0 spiro atoms. The van der Waals surface area contributed by atoms with E-state index in [1.165, 1.54) is 22.5 Å². The van der Waals surface area contributed by atoms with Gasteiger partial charge >= 0.3 is 0 Å². The number of hydrogen-bond donors (Lipinski definition) is 0. The van der Waals surface area contributed by atoms with Gasteiger partial charge in [0, 0.05) is 63.3 Å². The third-order valence-electron chi connectivity index (χ3n) is 8.06. The molecule has 0 amide bonds. The number of fused-ring (bicyclic) bond motifs is 5. The largest absolute Gasteiger partial charge is 1.00 e. The molecule has 0 aliphatic carbocycles. The number of rotatable bonds is 7. The molecule has 0 saturated carbocycles. The van der Waals surface area contributed by atoms with Crippen LogP contribution < -0.4 is 45.4 Å². The highest BCUT2D eigenvalue weighted by Gasteiger charge is 2.28. The number of piperazine rings is 1. The lowest BCUT2D eigenvalue weighted by molar-refractivity contribution is -0.686. The molecule has 0 bridgehead atoms. The van der Waals surface area contributed by atoms with Crippen molar-refractivity contribution in [3.8, 4) is 34.3 Å². The van der Waals surface area contributed by atoms with Crippen LogP contribution in [0.4, 0.5) is 5.69 Å². The van der Waals surface area contributed by atoms with Gasteiger partial charge in [-0.25, -0.2) is 0 Å². The number of pyridine rings is 2. The zero-order valence-corrected chi connectivity index (χ0v) is 24.2. The minimum absolute atomic E-state index is 0. The number of aryl methyl sites for hydroxylation is 2. The summed E-state index contributed by atoms with van der Waals surface area (Å²) in [5.74, 6) is 3.26.